The van der Waals surface area contributed by atoms with Gasteiger partial charge in [0.25, 0.3) is 0 Å². The summed E-state index contributed by atoms with van der Waals surface area (Å²) in [7, 11) is 0. The largest absolute Gasteiger partial charge is 0.379 e. The maximum Gasteiger partial charge on any atom is 0.0717 e. The molecule has 128 valence electrons. The molecule has 1 aromatic heterocycles. The molecular weight excluding hydrogens is 310 g/mol. The van der Waals surface area contributed by atoms with Gasteiger partial charge in [-0.25, -0.2) is 0 Å². The van der Waals surface area contributed by atoms with Gasteiger partial charge in [-0.1, -0.05) is 42.5 Å². The van der Waals surface area contributed by atoms with Gasteiger partial charge in [0, 0.05) is 19.3 Å². The predicted octanol–water partition coefficient (Wildman–Crippen LogP) is 3.31. The van der Waals surface area contributed by atoms with E-state index in [4.69, 9.17) is 10.5 Å². The number of fused-ring (bicyclic) bond motifs is 1. The molecule has 2 aromatic carbocycles. The van der Waals surface area contributed by atoms with Gasteiger partial charge in [-0.05, 0) is 34.5 Å². The van der Waals surface area contributed by atoms with Gasteiger partial charge in [-0.15, -0.1) is 0 Å². The quantitative estimate of drug-likeness (QED) is 0.796. The molecule has 0 spiro atoms. The van der Waals surface area contributed by atoms with E-state index < -0.39 is 0 Å². The number of rotatable bonds is 4. The Morgan fingerprint density at radius 1 is 0.920 bits per heavy atom. The van der Waals surface area contributed by atoms with E-state index in [2.05, 4.69) is 58.4 Å². The SMILES string of the molecule is NC(c1ccc2ccccc2c1)C(c1ccccn1)N1CCOCC1. The standard InChI is InChI=1S/C21H23N3O/c22-20(18-9-8-16-5-1-2-6-17(16)15-18)21(19-7-3-4-10-23-19)24-11-13-25-14-12-24/h1-10,15,20-21H,11-14,22H2. The van der Waals surface area contributed by atoms with Crippen molar-refractivity contribution in [1.29, 1.82) is 0 Å². The average molecular weight is 333 g/mol. The van der Waals surface area contributed by atoms with Crippen molar-refractivity contribution in [2.45, 2.75) is 12.1 Å². The molecule has 4 rings (SSSR count). The van der Waals surface area contributed by atoms with E-state index in [0.29, 0.717) is 0 Å². The molecule has 0 radical (unpaired) electrons. The van der Waals surface area contributed by atoms with Crippen molar-refractivity contribution in [3.05, 3.63) is 78.1 Å². The van der Waals surface area contributed by atoms with E-state index in [1.807, 2.05) is 18.3 Å². The Balaban J connectivity index is 1.71. The van der Waals surface area contributed by atoms with E-state index in [1.54, 1.807) is 0 Å². The lowest BCUT2D eigenvalue weighted by molar-refractivity contribution is 0.00918. The second-order valence-electron chi connectivity index (χ2n) is 6.48. The van der Waals surface area contributed by atoms with Crippen molar-refractivity contribution in [3.8, 4) is 0 Å². The molecule has 4 nitrogen and oxygen atoms in total. The zero-order valence-electron chi connectivity index (χ0n) is 14.2. The Bertz CT molecular complexity index is 831. The molecule has 2 N–H and O–H groups in total. The molecule has 1 fully saturated rings. The van der Waals surface area contributed by atoms with Crippen LogP contribution in [0.15, 0.2) is 66.9 Å². The minimum atomic E-state index is -0.141. The van der Waals surface area contributed by atoms with Crippen LogP contribution < -0.4 is 5.73 Å². The summed E-state index contributed by atoms with van der Waals surface area (Å²) in [5.41, 5.74) is 8.93. The Labute approximate surface area is 148 Å². The molecule has 2 heterocycles. The van der Waals surface area contributed by atoms with Crippen LogP contribution in [0.5, 0.6) is 0 Å². The molecule has 1 saturated heterocycles. The smallest absolute Gasteiger partial charge is 0.0717 e. The lowest BCUT2D eigenvalue weighted by Crippen LogP contribution is -2.43. The molecular formula is C21H23N3O. The lowest BCUT2D eigenvalue weighted by Gasteiger charge is -2.37. The number of benzene rings is 2. The third-order valence-electron chi connectivity index (χ3n) is 4.93. The number of hydrogen-bond donors (Lipinski definition) is 1. The Morgan fingerprint density at radius 3 is 2.44 bits per heavy atom. The maximum absolute atomic E-state index is 6.77. The normalized spacial score (nSPS) is 18.1. The lowest BCUT2D eigenvalue weighted by atomic mass is 9.93. The molecule has 1 aliphatic rings. The van der Waals surface area contributed by atoms with Crippen LogP contribution in [0.2, 0.25) is 0 Å². The van der Waals surface area contributed by atoms with Gasteiger partial charge in [0.05, 0.1) is 31.0 Å². The molecule has 0 bridgehead atoms. The number of hydrogen-bond acceptors (Lipinski definition) is 4. The molecule has 4 heteroatoms. The number of ether oxygens (including phenoxy) is 1. The highest BCUT2D eigenvalue weighted by atomic mass is 16.5. The minimum Gasteiger partial charge on any atom is -0.379 e. The fourth-order valence-electron chi connectivity index (χ4n) is 3.60. The van der Waals surface area contributed by atoms with E-state index >= 15 is 0 Å². The Morgan fingerprint density at radius 2 is 1.68 bits per heavy atom. The van der Waals surface area contributed by atoms with Crippen LogP contribution in [0.4, 0.5) is 0 Å². The monoisotopic (exact) mass is 333 g/mol. The predicted molar refractivity (Wildman–Crippen MR) is 100 cm³/mol. The topological polar surface area (TPSA) is 51.4 Å². The highest BCUT2D eigenvalue weighted by molar-refractivity contribution is 5.83. The van der Waals surface area contributed by atoms with Crippen LogP contribution >= 0.6 is 0 Å². The number of nitrogens with two attached hydrogens (primary N) is 1. The first-order chi connectivity index (χ1) is 12.3. The second kappa shape index (κ2) is 7.31. The molecule has 2 atom stereocenters. The summed E-state index contributed by atoms with van der Waals surface area (Å²) in [5, 5.41) is 2.46. The number of nitrogens with zero attached hydrogens (tertiary/aromatic N) is 2. The van der Waals surface area contributed by atoms with Gasteiger partial charge in [-0.2, -0.15) is 0 Å². The van der Waals surface area contributed by atoms with Gasteiger partial charge in [0.1, 0.15) is 0 Å². The molecule has 0 saturated carbocycles. The molecule has 0 aliphatic carbocycles. The summed E-state index contributed by atoms with van der Waals surface area (Å²) in [6, 6.07) is 20.8. The average Bonchev–Trinajstić information content (AvgIpc) is 2.69. The fourth-order valence-corrected chi connectivity index (χ4v) is 3.60. The van der Waals surface area contributed by atoms with Crippen LogP contribution in [-0.4, -0.2) is 36.2 Å². The van der Waals surface area contributed by atoms with Crippen molar-refractivity contribution in [1.82, 2.24) is 9.88 Å². The maximum atomic E-state index is 6.77. The zero-order valence-corrected chi connectivity index (χ0v) is 14.2. The molecule has 2 unspecified atom stereocenters. The van der Waals surface area contributed by atoms with E-state index in [-0.39, 0.29) is 12.1 Å². The summed E-state index contributed by atoms with van der Waals surface area (Å²) in [5.74, 6) is 0. The Hall–Kier alpha value is -2.27. The third-order valence-corrected chi connectivity index (χ3v) is 4.93. The highest BCUT2D eigenvalue weighted by Crippen LogP contribution is 2.33. The number of aromatic nitrogens is 1. The van der Waals surface area contributed by atoms with E-state index in [9.17, 15) is 0 Å². The molecule has 1 aliphatic heterocycles. The first-order valence-corrected chi connectivity index (χ1v) is 8.80. The first-order valence-electron chi connectivity index (χ1n) is 8.80. The summed E-state index contributed by atoms with van der Waals surface area (Å²) < 4.78 is 5.53. The number of morpholine rings is 1. The van der Waals surface area contributed by atoms with Crippen LogP contribution in [0.3, 0.4) is 0 Å². The molecule has 3 aromatic rings. The summed E-state index contributed by atoms with van der Waals surface area (Å²) in [6.45, 7) is 3.24. The number of pyridine rings is 1. The van der Waals surface area contributed by atoms with Gasteiger partial charge < -0.3 is 10.5 Å². The van der Waals surface area contributed by atoms with Gasteiger partial charge in [0.15, 0.2) is 0 Å². The van der Waals surface area contributed by atoms with E-state index in [1.165, 1.54) is 10.8 Å². The fraction of sp³-hybridized carbons (Fsp3) is 0.286. The van der Waals surface area contributed by atoms with Gasteiger partial charge in [0.2, 0.25) is 0 Å². The second-order valence-corrected chi connectivity index (χ2v) is 6.48. The van der Waals surface area contributed by atoms with Crippen LogP contribution in [-0.2, 0) is 4.74 Å². The first kappa shape index (κ1) is 16.2. The third kappa shape index (κ3) is 3.42. The Kier molecular flexibility index (Phi) is 4.74. The van der Waals surface area contributed by atoms with Crippen molar-refractivity contribution >= 4 is 10.8 Å². The van der Waals surface area contributed by atoms with Crippen LogP contribution in [0.1, 0.15) is 23.3 Å². The van der Waals surface area contributed by atoms with Gasteiger partial charge in [-0.3, -0.25) is 9.88 Å². The zero-order chi connectivity index (χ0) is 17.1. The van der Waals surface area contributed by atoms with Crippen LogP contribution in [0, 0.1) is 0 Å². The molecule has 25 heavy (non-hydrogen) atoms. The highest BCUT2D eigenvalue weighted by Gasteiger charge is 2.30. The van der Waals surface area contributed by atoms with E-state index in [0.717, 1.165) is 37.6 Å². The minimum absolute atomic E-state index is 0.0475. The van der Waals surface area contributed by atoms with Crippen molar-refractivity contribution in [2.75, 3.05) is 26.3 Å². The van der Waals surface area contributed by atoms with Crippen LogP contribution in [0.25, 0.3) is 10.8 Å². The van der Waals surface area contributed by atoms with Crippen molar-refractivity contribution in [3.63, 3.8) is 0 Å². The van der Waals surface area contributed by atoms with Crippen molar-refractivity contribution < 1.29 is 4.74 Å². The van der Waals surface area contributed by atoms with Gasteiger partial charge >= 0.3 is 0 Å². The summed E-state index contributed by atoms with van der Waals surface area (Å²) in [6.07, 6.45) is 1.84. The van der Waals surface area contributed by atoms with Crippen molar-refractivity contribution in [2.24, 2.45) is 5.73 Å². The molecule has 0 amide bonds. The summed E-state index contributed by atoms with van der Waals surface area (Å²) >= 11 is 0. The summed E-state index contributed by atoms with van der Waals surface area (Å²) in [4.78, 5) is 7.00.